The van der Waals surface area contributed by atoms with Crippen LogP contribution in [0.2, 0.25) is 5.02 Å². The number of carbonyl (C=O) groups is 2. The summed E-state index contributed by atoms with van der Waals surface area (Å²) in [4.78, 5) is 23.9. The number of ketones is 1. The van der Waals surface area contributed by atoms with Crippen LogP contribution >= 0.6 is 23.4 Å². The molecule has 0 radical (unpaired) electrons. The Morgan fingerprint density at radius 2 is 1.76 bits per heavy atom. The van der Waals surface area contributed by atoms with Crippen LogP contribution < -0.4 is 5.32 Å². The van der Waals surface area contributed by atoms with Gasteiger partial charge in [0.05, 0.1) is 5.25 Å². The first-order valence-electron chi connectivity index (χ1n) is 9.16. The standard InChI is InChI=1S/C21H21ClN4O2S/c1-4-26-20(16-5-9-17(22)10-6-16)24-25-21(26)29-13(2)19(28)15-7-11-18(12-8-15)23-14(3)27/h5-13H,4H2,1-3H3,(H,23,27). The second-order valence-electron chi connectivity index (χ2n) is 6.44. The molecule has 150 valence electrons. The van der Waals surface area contributed by atoms with Crippen molar-refractivity contribution in [3.8, 4) is 11.4 Å². The van der Waals surface area contributed by atoms with Crippen LogP contribution in [0, 0.1) is 0 Å². The second kappa shape index (κ2) is 9.24. The van der Waals surface area contributed by atoms with E-state index in [9.17, 15) is 9.59 Å². The van der Waals surface area contributed by atoms with Crippen molar-refractivity contribution < 1.29 is 9.59 Å². The van der Waals surface area contributed by atoms with E-state index in [1.165, 1.54) is 18.7 Å². The maximum Gasteiger partial charge on any atom is 0.221 e. The third-order valence-electron chi connectivity index (χ3n) is 4.28. The summed E-state index contributed by atoms with van der Waals surface area (Å²) in [5.41, 5.74) is 2.16. The van der Waals surface area contributed by atoms with Crippen molar-refractivity contribution in [3.05, 3.63) is 59.1 Å². The van der Waals surface area contributed by atoms with Crippen LogP contribution in [0.15, 0.2) is 53.7 Å². The molecule has 1 atom stereocenters. The summed E-state index contributed by atoms with van der Waals surface area (Å²) in [7, 11) is 0. The maximum absolute atomic E-state index is 12.8. The number of Topliss-reactive ketones (excluding diaryl/α,β-unsaturated/α-hetero) is 1. The third-order valence-corrected chi connectivity index (χ3v) is 5.61. The highest BCUT2D eigenvalue weighted by atomic mass is 35.5. The Morgan fingerprint density at radius 3 is 2.34 bits per heavy atom. The first-order chi connectivity index (χ1) is 13.9. The number of carbonyl (C=O) groups excluding carboxylic acids is 2. The predicted octanol–water partition coefficient (Wildman–Crippen LogP) is 4.94. The summed E-state index contributed by atoms with van der Waals surface area (Å²) in [5.74, 6) is 0.581. The van der Waals surface area contributed by atoms with E-state index in [0.29, 0.717) is 28.0 Å². The minimum absolute atomic E-state index is 0.0110. The van der Waals surface area contributed by atoms with Crippen molar-refractivity contribution >= 4 is 40.7 Å². The van der Waals surface area contributed by atoms with Gasteiger partial charge in [-0.05, 0) is 62.4 Å². The number of benzene rings is 2. The Balaban J connectivity index is 1.76. The molecule has 0 aliphatic carbocycles. The normalized spacial score (nSPS) is 11.9. The fourth-order valence-corrected chi connectivity index (χ4v) is 3.96. The smallest absolute Gasteiger partial charge is 0.221 e. The van der Waals surface area contributed by atoms with Crippen LogP contribution in [0.1, 0.15) is 31.1 Å². The molecule has 0 fully saturated rings. The number of halogens is 1. The second-order valence-corrected chi connectivity index (χ2v) is 8.18. The minimum Gasteiger partial charge on any atom is -0.326 e. The molecular weight excluding hydrogens is 408 g/mol. The molecule has 3 rings (SSSR count). The van der Waals surface area contributed by atoms with E-state index in [4.69, 9.17) is 11.6 Å². The molecule has 0 bridgehead atoms. The lowest BCUT2D eigenvalue weighted by molar-refractivity contribution is -0.114. The Hall–Kier alpha value is -2.64. The van der Waals surface area contributed by atoms with E-state index >= 15 is 0 Å². The molecule has 6 nitrogen and oxygen atoms in total. The van der Waals surface area contributed by atoms with E-state index in [-0.39, 0.29) is 16.9 Å². The average molecular weight is 429 g/mol. The first kappa shape index (κ1) is 21.1. The Morgan fingerprint density at radius 1 is 1.10 bits per heavy atom. The van der Waals surface area contributed by atoms with Crippen molar-refractivity contribution in [1.82, 2.24) is 14.8 Å². The van der Waals surface area contributed by atoms with E-state index in [1.807, 2.05) is 42.7 Å². The SMILES string of the molecule is CCn1c(SC(C)C(=O)c2ccc(NC(C)=O)cc2)nnc1-c1ccc(Cl)cc1. The number of rotatable bonds is 7. The van der Waals surface area contributed by atoms with E-state index in [1.54, 1.807) is 24.3 Å². The lowest BCUT2D eigenvalue weighted by Gasteiger charge is -2.12. The monoisotopic (exact) mass is 428 g/mol. The van der Waals surface area contributed by atoms with Gasteiger partial charge in [-0.25, -0.2) is 0 Å². The molecule has 1 amide bonds. The van der Waals surface area contributed by atoms with Gasteiger partial charge in [-0.1, -0.05) is 23.4 Å². The topological polar surface area (TPSA) is 76.9 Å². The third kappa shape index (κ3) is 5.05. The molecule has 3 aromatic rings. The molecule has 2 aromatic carbocycles. The highest BCUT2D eigenvalue weighted by Gasteiger charge is 2.21. The zero-order chi connectivity index (χ0) is 21.0. The van der Waals surface area contributed by atoms with E-state index < -0.39 is 0 Å². The molecule has 0 aliphatic rings. The maximum atomic E-state index is 12.8. The van der Waals surface area contributed by atoms with Gasteiger partial charge in [-0.15, -0.1) is 10.2 Å². The fraction of sp³-hybridized carbons (Fsp3) is 0.238. The van der Waals surface area contributed by atoms with Gasteiger partial charge in [0, 0.05) is 35.3 Å². The molecular formula is C21H21ClN4O2S. The molecule has 1 heterocycles. The van der Waals surface area contributed by atoms with Gasteiger partial charge in [0.2, 0.25) is 5.91 Å². The first-order valence-corrected chi connectivity index (χ1v) is 10.4. The fourth-order valence-electron chi connectivity index (χ4n) is 2.84. The molecule has 0 aliphatic heterocycles. The number of nitrogens with one attached hydrogen (secondary N) is 1. The number of amides is 1. The largest absolute Gasteiger partial charge is 0.326 e. The zero-order valence-electron chi connectivity index (χ0n) is 16.3. The number of hydrogen-bond donors (Lipinski definition) is 1. The van der Waals surface area contributed by atoms with Gasteiger partial charge in [0.1, 0.15) is 0 Å². The zero-order valence-corrected chi connectivity index (χ0v) is 17.9. The molecule has 1 unspecified atom stereocenters. The van der Waals surface area contributed by atoms with Gasteiger partial charge >= 0.3 is 0 Å². The summed E-state index contributed by atoms with van der Waals surface area (Å²) < 4.78 is 1.98. The van der Waals surface area contributed by atoms with Gasteiger partial charge in [0.15, 0.2) is 16.8 Å². The summed E-state index contributed by atoms with van der Waals surface area (Å²) in [5, 5.41) is 12.3. The molecule has 0 saturated heterocycles. The van der Waals surface area contributed by atoms with Crippen LogP contribution in [-0.4, -0.2) is 31.7 Å². The Kier molecular flexibility index (Phi) is 6.71. The highest BCUT2D eigenvalue weighted by molar-refractivity contribution is 8.00. The highest BCUT2D eigenvalue weighted by Crippen LogP contribution is 2.29. The van der Waals surface area contributed by atoms with E-state index in [2.05, 4.69) is 15.5 Å². The van der Waals surface area contributed by atoms with Gasteiger partial charge in [-0.3, -0.25) is 9.59 Å². The van der Waals surface area contributed by atoms with E-state index in [0.717, 1.165) is 11.4 Å². The molecule has 0 spiro atoms. The average Bonchev–Trinajstić information content (AvgIpc) is 3.10. The van der Waals surface area contributed by atoms with Gasteiger partial charge in [-0.2, -0.15) is 0 Å². The van der Waals surface area contributed by atoms with Crippen molar-refractivity contribution in [2.45, 2.75) is 37.7 Å². The number of nitrogens with zero attached hydrogens (tertiary/aromatic N) is 3. The summed E-state index contributed by atoms with van der Waals surface area (Å²) in [6, 6.07) is 14.3. The van der Waals surface area contributed by atoms with Crippen molar-refractivity contribution in [1.29, 1.82) is 0 Å². The lowest BCUT2D eigenvalue weighted by Crippen LogP contribution is -2.15. The summed E-state index contributed by atoms with van der Waals surface area (Å²) in [6.45, 7) is 5.99. The number of anilines is 1. The molecule has 0 saturated carbocycles. The molecule has 1 N–H and O–H groups in total. The number of thioether (sulfide) groups is 1. The quantitative estimate of drug-likeness (QED) is 0.426. The Bertz CT molecular complexity index is 1020. The van der Waals surface area contributed by atoms with Crippen molar-refractivity contribution in [3.63, 3.8) is 0 Å². The minimum atomic E-state index is -0.339. The van der Waals surface area contributed by atoms with Crippen molar-refractivity contribution in [2.75, 3.05) is 5.32 Å². The van der Waals surface area contributed by atoms with Crippen LogP contribution in [0.5, 0.6) is 0 Å². The molecule has 1 aromatic heterocycles. The van der Waals surface area contributed by atoms with Crippen LogP contribution in [0.4, 0.5) is 5.69 Å². The van der Waals surface area contributed by atoms with Crippen LogP contribution in [0.25, 0.3) is 11.4 Å². The molecule has 29 heavy (non-hydrogen) atoms. The molecule has 8 heteroatoms. The summed E-state index contributed by atoms with van der Waals surface area (Å²) >= 11 is 7.34. The Labute approximate surface area is 178 Å². The van der Waals surface area contributed by atoms with Gasteiger partial charge < -0.3 is 9.88 Å². The van der Waals surface area contributed by atoms with Gasteiger partial charge in [0.25, 0.3) is 0 Å². The predicted molar refractivity (Wildman–Crippen MR) is 117 cm³/mol. The number of aromatic nitrogens is 3. The van der Waals surface area contributed by atoms with Crippen LogP contribution in [0.3, 0.4) is 0 Å². The van der Waals surface area contributed by atoms with Crippen molar-refractivity contribution in [2.24, 2.45) is 0 Å². The number of hydrogen-bond acceptors (Lipinski definition) is 5. The van der Waals surface area contributed by atoms with Crippen LogP contribution in [-0.2, 0) is 11.3 Å². The summed E-state index contributed by atoms with van der Waals surface area (Å²) in [6.07, 6.45) is 0. The lowest BCUT2D eigenvalue weighted by atomic mass is 10.1.